The summed E-state index contributed by atoms with van der Waals surface area (Å²) >= 11 is 5.90. The maximum absolute atomic E-state index is 13.8. The molecule has 0 radical (unpaired) electrons. The first-order valence-corrected chi connectivity index (χ1v) is 7.09. The van der Waals surface area contributed by atoms with Crippen LogP contribution in [0.25, 0.3) is 0 Å². The lowest BCUT2D eigenvalue weighted by Crippen LogP contribution is -2.24. The number of fused-ring (bicyclic) bond motifs is 1. The van der Waals surface area contributed by atoms with Gasteiger partial charge in [-0.3, -0.25) is 4.79 Å². The van der Waals surface area contributed by atoms with E-state index in [4.69, 9.17) is 11.6 Å². The molecule has 1 aliphatic carbocycles. The van der Waals surface area contributed by atoms with Crippen LogP contribution in [0.4, 0.5) is 4.39 Å². The van der Waals surface area contributed by atoms with Crippen molar-refractivity contribution in [2.24, 2.45) is 5.92 Å². The second kappa shape index (κ2) is 5.37. The molecule has 1 aliphatic rings. The minimum absolute atomic E-state index is 0.117. The van der Waals surface area contributed by atoms with Gasteiger partial charge in [0.05, 0.1) is 0 Å². The first kappa shape index (κ1) is 13.3. The van der Waals surface area contributed by atoms with E-state index >= 15 is 0 Å². The summed E-state index contributed by atoms with van der Waals surface area (Å²) in [4.78, 5) is 12.5. The van der Waals surface area contributed by atoms with Crippen LogP contribution in [0.2, 0.25) is 5.02 Å². The monoisotopic (exact) mass is 288 g/mol. The van der Waals surface area contributed by atoms with Gasteiger partial charge in [-0.1, -0.05) is 35.9 Å². The van der Waals surface area contributed by atoms with Crippen molar-refractivity contribution in [2.45, 2.75) is 19.3 Å². The van der Waals surface area contributed by atoms with Gasteiger partial charge in [0.2, 0.25) is 0 Å². The van der Waals surface area contributed by atoms with Crippen molar-refractivity contribution >= 4 is 17.4 Å². The zero-order valence-electron chi connectivity index (χ0n) is 10.9. The highest BCUT2D eigenvalue weighted by Crippen LogP contribution is 2.29. The fraction of sp³-hybridized carbons (Fsp3) is 0.235. The van der Waals surface area contributed by atoms with E-state index in [2.05, 4.69) is 0 Å². The molecule has 0 amide bonds. The highest BCUT2D eigenvalue weighted by atomic mass is 35.5. The molecule has 0 N–H and O–H groups in total. The predicted octanol–water partition coefficient (Wildman–Crippen LogP) is 4.47. The molecule has 0 aliphatic heterocycles. The van der Waals surface area contributed by atoms with E-state index in [0.29, 0.717) is 17.0 Å². The van der Waals surface area contributed by atoms with Crippen LogP contribution in [0.15, 0.2) is 42.5 Å². The van der Waals surface area contributed by atoms with Gasteiger partial charge in [0.25, 0.3) is 0 Å². The third-order valence-electron chi connectivity index (χ3n) is 3.89. The smallest absolute Gasteiger partial charge is 0.166 e. The normalized spacial score (nSPS) is 17.9. The summed E-state index contributed by atoms with van der Waals surface area (Å²) in [5.74, 6) is -0.329. The zero-order chi connectivity index (χ0) is 14.1. The molecule has 3 rings (SSSR count). The Balaban J connectivity index is 1.86. The third kappa shape index (κ3) is 2.48. The topological polar surface area (TPSA) is 17.1 Å². The summed E-state index contributed by atoms with van der Waals surface area (Å²) in [6.07, 6.45) is 2.05. The van der Waals surface area contributed by atoms with Crippen molar-refractivity contribution in [1.82, 2.24) is 0 Å². The van der Waals surface area contributed by atoms with Crippen LogP contribution >= 0.6 is 11.6 Å². The molecule has 1 nitrogen and oxygen atoms in total. The second-order valence-electron chi connectivity index (χ2n) is 5.20. The molecule has 0 aromatic heterocycles. The molecule has 0 fully saturated rings. The Hall–Kier alpha value is -1.67. The molecule has 2 aromatic carbocycles. The van der Waals surface area contributed by atoms with Gasteiger partial charge in [0.1, 0.15) is 5.82 Å². The average molecular weight is 289 g/mol. The van der Waals surface area contributed by atoms with E-state index in [-0.39, 0.29) is 17.5 Å². The molecular weight excluding hydrogens is 275 g/mol. The number of carbonyl (C=O) groups is 1. The summed E-state index contributed by atoms with van der Waals surface area (Å²) in [5.41, 5.74) is 2.40. The van der Waals surface area contributed by atoms with Gasteiger partial charge in [-0.05, 0) is 48.6 Å². The molecule has 1 atom stereocenters. The fourth-order valence-corrected chi connectivity index (χ4v) is 3.01. The van der Waals surface area contributed by atoms with Crippen LogP contribution in [0.1, 0.15) is 27.9 Å². The molecule has 0 saturated heterocycles. The summed E-state index contributed by atoms with van der Waals surface area (Å²) < 4.78 is 13.8. The quantitative estimate of drug-likeness (QED) is 0.797. The Bertz CT molecular complexity index is 666. The highest BCUT2D eigenvalue weighted by molar-refractivity contribution is 6.30. The summed E-state index contributed by atoms with van der Waals surface area (Å²) in [7, 11) is 0. The van der Waals surface area contributed by atoms with Gasteiger partial charge in [0.15, 0.2) is 5.78 Å². The summed E-state index contributed by atoms with van der Waals surface area (Å²) in [5, 5.41) is 0.505. The van der Waals surface area contributed by atoms with Gasteiger partial charge < -0.3 is 0 Å². The van der Waals surface area contributed by atoms with Crippen molar-refractivity contribution in [2.75, 3.05) is 0 Å². The lowest BCUT2D eigenvalue weighted by Gasteiger charge is -2.23. The van der Waals surface area contributed by atoms with E-state index in [1.165, 1.54) is 12.1 Å². The molecule has 1 unspecified atom stereocenters. The van der Waals surface area contributed by atoms with E-state index in [0.717, 1.165) is 24.0 Å². The lowest BCUT2D eigenvalue weighted by molar-refractivity contribution is 0.0901. The van der Waals surface area contributed by atoms with Crippen LogP contribution in [-0.2, 0) is 12.8 Å². The predicted molar refractivity (Wildman–Crippen MR) is 77.7 cm³/mol. The minimum Gasteiger partial charge on any atom is -0.294 e. The first-order valence-electron chi connectivity index (χ1n) is 6.71. The number of carbonyl (C=O) groups excluding carboxylic acids is 1. The van der Waals surface area contributed by atoms with Crippen LogP contribution in [0.5, 0.6) is 0 Å². The fourth-order valence-electron chi connectivity index (χ4n) is 2.82. The van der Waals surface area contributed by atoms with Gasteiger partial charge in [0, 0.05) is 16.5 Å². The Morgan fingerprint density at radius 3 is 2.85 bits per heavy atom. The lowest BCUT2D eigenvalue weighted by atomic mass is 9.80. The zero-order valence-corrected chi connectivity index (χ0v) is 11.7. The SMILES string of the molecule is O=C1c2ccccc2CCC1Cc1cc(Cl)ccc1F. The molecule has 20 heavy (non-hydrogen) atoms. The van der Waals surface area contributed by atoms with Gasteiger partial charge in [-0.25, -0.2) is 4.39 Å². The number of halogens is 2. The minimum atomic E-state index is -0.291. The molecule has 3 heteroatoms. The molecule has 102 valence electrons. The molecule has 2 aromatic rings. The Labute approximate surface area is 122 Å². The van der Waals surface area contributed by atoms with E-state index in [1.807, 2.05) is 24.3 Å². The summed E-state index contributed by atoms with van der Waals surface area (Å²) in [6, 6.07) is 12.2. The van der Waals surface area contributed by atoms with Crippen LogP contribution < -0.4 is 0 Å². The van der Waals surface area contributed by atoms with Crippen molar-refractivity contribution in [1.29, 1.82) is 0 Å². The van der Waals surface area contributed by atoms with E-state index in [9.17, 15) is 9.18 Å². The molecule has 0 spiro atoms. The van der Waals surface area contributed by atoms with Crippen molar-refractivity contribution < 1.29 is 9.18 Å². The van der Waals surface area contributed by atoms with Crippen molar-refractivity contribution in [3.63, 3.8) is 0 Å². The first-order chi connectivity index (χ1) is 9.65. The van der Waals surface area contributed by atoms with Crippen LogP contribution in [0, 0.1) is 11.7 Å². The average Bonchev–Trinajstić information content (AvgIpc) is 2.46. The Morgan fingerprint density at radius 1 is 1.20 bits per heavy atom. The summed E-state index contributed by atoms with van der Waals surface area (Å²) in [6.45, 7) is 0. The standard InChI is InChI=1S/C17H14ClFO/c18-14-7-8-16(19)13(10-14)9-12-6-5-11-3-1-2-4-15(11)17(12)20/h1-4,7-8,10,12H,5-6,9H2. The van der Waals surface area contributed by atoms with E-state index in [1.54, 1.807) is 6.07 Å². The van der Waals surface area contributed by atoms with Crippen LogP contribution in [0.3, 0.4) is 0 Å². The van der Waals surface area contributed by atoms with E-state index < -0.39 is 0 Å². The number of Topliss-reactive ketones (excluding diaryl/α,β-unsaturated/α-hetero) is 1. The maximum atomic E-state index is 13.8. The number of hydrogen-bond donors (Lipinski definition) is 0. The highest BCUT2D eigenvalue weighted by Gasteiger charge is 2.27. The number of aryl methyl sites for hydroxylation is 1. The largest absolute Gasteiger partial charge is 0.294 e. The van der Waals surface area contributed by atoms with Crippen molar-refractivity contribution in [3.8, 4) is 0 Å². The third-order valence-corrected chi connectivity index (χ3v) is 4.12. The molecule has 0 heterocycles. The van der Waals surface area contributed by atoms with Gasteiger partial charge >= 0.3 is 0 Å². The molecular formula is C17H14ClFO. The van der Waals surface area contributed by atoms with Crippen LogP contribution in [-0.4, -0.2) is 5.78 Å². The van der Waals surface area contributed by atoms with Gasteiger partial charge in [-0.2, -0.15) is 0 Å². The molecule has 0 saturated carbocycles. The second-order valence-corrected chi connectivity index (χ2v) is 5.63. The molecule has 0 bridgehead atoms. The van der Waals surface area contributed by atoms with Crippen molar-refractivity contribution in [3.05, 3.63) is 70.0 Å². The Kier molecular flexibility index (Phi) is 3.58. The number of ketones is 1. The van der Waals surface area contributed by atoms with Gasteiger partial charge in [-0.15, -0.1) is 0 Å². The Morgan fingerprint density at radius 2 is 2.00 bits per heavy atom. The maximum Gasteiger partial charge on any atom is 0.166 e. The number of rotatable bonds is 2. The number of hydrogen-bond acceptors (Lipinski definition) is 1. The number of benzene rings is 2.